The van der Waals surface area contributed by atoms with Gasteiger partial charge in [-0.3, -0.25) is 9.69 Å². The molecule has 1 fully saturated rings. The van der Waals surface area contributed by atoms with E-state index < -0.39 is 5.97 Å². The quantitative estimate of drug-likeness (QED) is 0.770. The average Bonchev–Trinajstić information content (AvgIpc) is 2.53. The summed E-state index contributed by atoms with van der Waals surface area (Å²) in [7, 11) is 0. The minimum absolute atomic E-state index is 0.261. The second-order valence-electron chi connectivity index (χ2n) is 7.70. The molecular weight excluding hydrogens is 250 g/mol. The number of carboxylic acids is 1. The van der Waals surface area contributed by atoms with Crippen LogP contribution < -0.4 is 0 Å². The summed E-state index contributed by atoms with van der Waals surface area (Å²) in [5, 5.41) is 8.92. The molecule has 0 bridgehead atoms. The number of aliphatic carboxylic acids is 1. The van der Waals surface area contributed by atoms with Crippen LogP contribution in [0, 0.1) is 11.3 Å². The lowest BCUT2D eigenvalue weighted by Crippen LogP contribution is -2.41. The fourth-order valence-corrected chi connectivity index (χ4v) is 3.57. The van der Waals surface area contributed by atoms with Crippen molar-refractivity contribution < 1.29 is 9.90 Å². The Balaban J connectivity index is 2.62. The van der Waals surface area contributed by atoms with E-state index in [-0.39, 0.29) is 6.42 Å². The molecule has 0 saturated heterocycles. The molecule has 1 rings (SSSR count). The molecule has 0 radical (unpaired) electrons. The number of carbonyl (C=O) groups is 1. The molecule has 3 heteroatoms. The van der Waals surface area contributed by atoms with Crippen LogP contribution in [0.15, 0.2) is 0 Å². The standard InChI is InChI=1S/C17H33NO2/c1-13(2)18(12-11-16(19)20)15-8-6-7-14(9-10-15)17(3,4)5/h13-15H,6-12H2,1-5H3,(H,19,20). The Morgan fingerprint density at radius 3 is 2.35 bits per heavy atom. The largest absolute Gasteiger partial charge is 0.481 e. The summed E-state index contributed by atoms with van der Waals surface area (Å²) in [6, 6.07) is 1.01. The van der Waals surface area contributed by atoms with Crippen molar-refractivity contribution in [2.24, 2.45) is 11.3 Å². The molecule has 20 heavy (non-hydrogen) atoms. The van der Waals surface area contributed by atoms with Gasteiger partial charge in [0.25, 0.3) is 0 Å². The topological polar surface area (TPSA) is 40.5 Å². The molecule has 0 heterocycles. The first-order valence-corrected chi connectivity index (χ1v) is 8.19. The molecule has 118 valence electrons. The molecule has 3 nitrogen and oxygen atoms in total. The van der Waals surface area contributed by atoms with Gasteiger partial charge < -0.3 is 5.11 Å². The van der Waals surface area contributed by atoms with Gasteiger partial charge in [-0.05, 0) is 50.9 Å². The summed E-state index contributed by atoms with van der Waals surface area (Å²) in [4.78, 5) is 13.2. The van der Waals surface area contributed by atoms with Crippen LogP contribution in [-0.4, -0.2) is 34.6 Å². The summed E-state index contributed by atoms with van der Waals surface area (Å²) in [5.41, 5.74) is 0.401. The van der Waals surface area contributed by atoms with Crippen molar-refractivity contribution in [1.29, 1.82) is 0 Å². The monoisotopic (exact) mass is 283 g/mol. The minimum atomic E-state index is -0.683. The van der Waals surface area contributed by atoms with Gasteiger partial charge in [-0.2, -0.15) is 0 Å². The highest BCUT2D eigenvalue weighted by molar-refractivity contribution is 5.66. The predicted octanol–water partition coefficient (Wildman–Crippen LogP) is 4.17. The van der Waals surface area contributed by atoms with E-state index in [1.54, 1.807) is 0 Å². The van der Waals surface area contributed by atoms with Gasteiger partial charge in [-0.25, -0.2) is 0 Å². The molecule has 0 aromatic heterocycles. The van der Waals surface area contributed by atoms with Crippen molar-refractivity contribution in [2.45, 2.75) is 85.2 Å². The number of hydrogen-bond acceptors (Lipinski definition) is 2. The molecule has 1 N–H and O–H groups in total. The average molecular weight is 283 g/mol. The number of rotatable bonds is 5. The lowest BCUT2D eigenvalue weighted by atomic mass is 9.76. The van der Waals surface area contributed by atoms with Gasteiger partial charge in [0.2, 0.25) is 0 Å². The Bertz CT molecular complexity index is 307. The van der Waals surface area contributed by atoms with Crippen molar-refractivity contribution in [3.63, 3.8) is 0 Å². The van der Waals surface area contributed by atoms with Crippen LogP contribution in [0.5, 0.6) is 0 Å². The van der Waals surface area contributed by atoms with Gasteiger partial charge in [0.1, 0.15) is 0 Å². The van der Waals surface area contributed by atoms with E-state index >= 15 is 0 Å². The lowest BCUT2D eigenvalue weighted by molar-refractivity contribution is -0.137. The third-order valence-electron chi connectivity index (χ3n) is 4.88. The van der Waals surface area contributed by atoms with Crippen LogP contribution in [0.3, 0.4) is 0 Å². The van der Waals surface area contributed by atoms with Crippen LogP contribution in [-0.2, 0) is 4.79 Å². The number of hydrogen-bond donors (Lipinski definition) is 1. The maximum atomic E-state index is 10.8. The number of carboxylic acid groups (broad SMARTS) is 1. The van der Waals surface area contributed by atoms with Gasteiger partial charge in [0.05, 0.1) is 6.42 Å². The van der Waals surface area contributed by atoms with Crippen molar-refractivity contribution in [3.8, 4) is 0 Å². The Labute approximate surface area is 124 Å². The van der Waals surface area contributed by atoms with Crippen LogP contribution in [0.25, 0.3) is 0 Å². The summed E-state index contributed by atoms with van der Waals surface area (Å²) in [5.74, 6) is 0.123. The molecule has 1 saturated carbocycles. The van der Waals surface area contributed by atoms with Crippen molar-refractivity contribution in [3.05, 3.63) is 0 Å². The molecule has 2 unspecified atom stereocenters. The summed E-state index contributed by atoms with van der Waals surface area (Å²) < 4.78 is 0. The molecule has 0 aromatic carbocycles. The van der Waals surface area contributed by atoms with Gasteiger partial charge in [0, 0.05) is 18.6 Å². The second kappa shape index (κ2) is 7.44. The Kier molecular flexibility index (Phi) is 6.50. The molecule has 2 atom stereocenters. The molecule has 0 aliphatic heterocycles. The first-order valence-electron chi connectivity index (χ1n) is 8.19. The normalized spacial score (nSPS) is 24.9. The minimum Gasteiger partial charge on any atom is -0.481 e. The highest BCUT2D eigenvalue weighted by Gasteiger charge is 2.30. The van der Waals surface area contributed by atoms with Crippen LogP contribution >= 0.6 is 0 Å². The van der Waals surface area contributed by atoms with E-state index in [2.05, 4.69) is 39.5 Å². The zero-order valence-corrected chi connectivity index (χ0v) is 14.0. The Morgan fingerprint density at radius 1 is 1.20 bits per heavy atom. The fraction of sp³-hybridized carbons (Fsp3) is 0.941. The zero-order chi connectivity index (χ0) is 15.3. The SMILES string of the molecule is CC(C)N(CCC(=O)O)C1CCCC(C(C)(C)C)CC1. The van der Waals surface area contributed by atoms with Crippen molar-refractivity contribution in [2.75, 3.05) is 6.54 Å². The van der Waals surface area contributed by atoms with E-state index in [1.165, 1.54) is 32.1 Å². The zero-order valence-electron chi connectivity index (χ0n) is 14.0. The number of nitrogens with zero attached hydrogens (tertiary/aromatic N) is 1. The van der Waals surface area contributed by atoms with E-state index in [9.17, 15) is 4.79 Å². The highest BCUT2D eigenvalue weighted by atomic mass is 16.4. The Hall–Kier alpha value is -0.570. The molecular formula is C17H33NO2. The van der Waals surface area contributed by atoms with Crippen LogP contribution in [0.1, 0.15) is 73.1 Å². The van der Waals surface area contributed by atoms with Crippen LogP contribution in [0.2, 0.25) is 0 Å². The van der Waals surface area contributed by atoms with Crippen molar-refractivity contribution >= 4 is 5.97 Å². The molecule has 1 aliphatic carbocycles. The van der Waals surface area contributed by atoms with Gasteiger partial charge >= 0.3 is 5.97 Å². The molecule has 1 aliphatic rings. The van der Waals surface area contributed by atoms with Crippen molar-refractivity contribution in [1.82, 2.24) is 4.90 Å². The molecule has 0 aromatic rings. The Morgan fingerprint density at radius 2 is 1.85 bits per heavy atom. The van der Waals surface area contributed by atoms with Gasteiger partial charge in [0.15, 0.2) is 0 Å². The van der Waals surface area contributed by atoms with Gasteiger partial charge in [-0.15, -0.1) is 0 Å². The predicted molar refractivity (Wildman–Crippen MR) is 83.9 cm³/mol. The van der Waals surface area contributed by atoms with E-state index in [4.69, 9.17) is 5.11 Å². The first kappa shape index (κ1) is 17.5. The third kappa shape index (κ3) is 5.43. The third-order valence-corrected chi connectivity index (χ3v) is 4.88. The van der Waals surface area contributed by atoms with E-state index in [0.717, 1.165) is 5.92 Å². The summed E-state index contributed by atoms with van der Waals surface area (Å²) in [6.45, 7) is 12.1. The van der Waals surface area contributed by atoms with Gasteiger partial charge in [-0.1, -0.05) is 27.2 Å². The molecule has 0 amide bonds. The van der Waals surface area contributed by atoms with E-state index in [1.807, 2.05) is 0 Å². The maximum Gasteiger partial charge on any atom is 0.304 e. The summed E-state index contributed by atoms with van der Waals surface area (Å²) in [6.07, 6.45) is 6.60. The fourth-order valence-electron chi connectivity index (χ4n) is 3.57. The highest BCUT2D eigenvalue weighted by Crippen LogP contribution is 2.38. The van der Waals surface area contributed by atoms with E-state index in [0.29, 0.717) is 24.0 Å². The van der Waals surface area contributed by atoms with Crippen LogP contribution in [0.4, 0.5) is 0 Å². The summed E-state index contributed by atoms with van der Waals surface area (Å²) >= 11 is 0. The maximum absolute atomic E-state index is 10.8. The smallest absolute Gasteiger partial charge is 0.304 e. The second-order valence-corrected chi connectivity index (χ2v) is 7.70. The first-order chi connectivity index (χ1) is 9.21. The molecule has 0 spiro atoms. The lowest BCUT2D eigenvalue weighted by Gasteiger charge is -2.35.